The van der Waals surface area contributed by atoms with Crippen molar-refractivity contribution in [2.24, 2.45) is 0 Å². The standard InChI is InChI=1S/C22H30N4O/c1-6-17(4)26-18(5)21(14-23-26)24-22(27)25-9-7-19(8-10-25)20-12-15(2)11-16(3)13-20/h7,11-14,17H,6,8-10H2,1-5H3,(H,24,27). The lowest BCUT2D eigenvalue weighted by molar-refractivity contribution is 0.217. The molecule has 1 atom stereocenters. The van der Waals surface area contributed by atoms with Gasteiger partial charge in [-0.25, -0.2) is 4.79 Å². The Morgan fingerprint density at radius 1 is 1.22 bits per heavy atom. The zero-order valence-corrected chi connectivity index (χ0v) is 17.0. The van der Waals surface area contributed by atoms with Crippen LogP contribution < -0.4 is 5.32 Å². The first-order valence-corrected chi connectivity index (χ1v) is 9.76. The number of aryl methyl sites for hydroxylation is 2. The molecule has 0 bridgehead atoms. The fourth-order valence-electron chi connectivity index (χ4n) is 3.63. The third-order valence-electron chi connectivity index (χ3n) is 5.38. The molecule has 2 heterocycles. The van der Waals surface area contributed by atoms with Gasteiger partial charge in [0, 0.05) is 19.1 Å². The SMILES string of the molecule is CCC(C)n1ncc(NC(=O)N2CC=C(c3cc(C)cc(C)c3)CC2)c1C. The topological polar surface area (TPSA) is 50.2 Å². The normalized spacial score (nSPS) is 15.4. The molecule has 0 saturated carbocycles. The second-order valence-electron chi connectivity index (χ2n) is 7.58. The minimum absolute atomic E-state index is 0.0578. The van der Waals surface area contributed by atoms with Crippen LogP contribution in [0, 0.1) is 20.8 Å². The van der Waals surface area contributed by atoms with E-state index in [0.29, 0.717) is 12.6 Å². The van der Waals surface area contributed by atoms with Gasteiger partial charge in [0.25, 0.3) is 0 Å². The molecule has 5 heteroatoms. The highest BCUT2D eigenvalue weighted by atomic mass is 16.2. The molecule has 1 aliphatic heterocycles. The van der Waals surface area contributed by atoms with Gasteiger partial charge < -0.3 is 10.2 Å². The van der Waals surface area contributed by atoms with E-state index in [1.54, 1.807) is 6.20 Å². The summed E-state index contributed by atoms with van der Waals surface area (Å²) in [7, 11) is 0. The Morgan fingerprint density at radius 2 is 1.93 bits per heavy atom. The summed E-state index contributed by atoms with van der Waals surface area (Å²) in [5.74, 6) is 0. The van der Waals surface area contributed by atoms with Crippen LogP contribution in [0.1, 0.15) is 55.1 Å². The van der Waals surface area contributed by atoms with E-state index in [4.69, 9.17) is 0 Å². The largest absolute Gasteiger partial charge is 0.322 e. The average molecular weight is 367 g/mol. The van der Waals surface area contributed by atoms with Crippen molar-refractivity contribution < 1.29 is 4.79 Å². The quantitative estimate of drug-likeness (QED) is 0.818. The summed E-state index contributed by atoms with van der Waals surface area (Å²) in [6.07, 6.45) is 5.81. The molecule has 1 aliphatic rings. The number of anilines is 1. The lowest BCUT2D eigenvalue weighted by Gasteiger charge is -2.27. The lowest BCUT2D eigenvalue weighted by atomic mass is 9.96. The molecule has 1 aromatic carbocycles. The van der Waals surface area contributed by atoms with Crippen LogP contribution in [0.25, 0.3) is 5.57 Å². The van der Waals surface area contributed by atoms with Gasteiger partial charge in [-0.2, -0.15) is 5.10 Å². The van der Waals surface area contributed by atoms with E-state index in [0.717, 1.165) is 30.8 Å². The number of hydrogen-bond donors (Lipinski definition) is 1. The molecule has 3 rings (SSSR count). The molecular formula is C22H30N4O. The molecule has 144 valence electrons. The average Bonchev–Trinajstić information content (AvgIpc) is 3.01. The number of aromatic nitrogens is 2. The predicted molar refractivity (Wildman–Crippen MR) is 111 cm³/mol. The third kappa shape index (κ3) is 4.24. The van der Waals surface area contributed by atoms with Crippen molar-refractivity contribution in [2.45, 2.75) is 53.5 Å². The van der Waals surface area contributed by atoms with Gasteiger partial charge in [-0.05, 0) is 51.7 Å². The van der Waals surface area contributed by atoms with Gasteiger partial charge in [-0.15, -0.1) is 0 Å². The van der Waals surface area contributed by atoms with Crippen molar-refractivity contribution in [3.63, 3.8) is 0 Å². The van der Waals surface area contributed by atoms with Crippen LogP contribution in [0.4, 0.5) is 10.5 Å². The maximum Gasteiger partial charge on any atom is 0.322 e. The summed E-state index contributed by atoms with van der Waals surface area (Å²) in [5.41, 5.74) is 6.95. The number of urea groups is 1. The number of hydrogen-bond acceptors (Lipinski definition) is 2. The second kappa shape index (κ2) is 7.99. The second-order valence-corrected chi connectivity index (χ2v) is 7.58. The highest BCUT2D eigenvalue weighted by Gasteiger charge is 2.20. The van der Waals surface area contributed by atoms with E-state index in [-0.39, 0.29) is 6.03 Å². The van der Waals surface area contributed by atoms with Gasteiger partial charge in [-0.1, -0.05) is 42.3 Å². The van der Waals surface area contributed by atoms with Crippen LogP contribution >= 0.6 is 0 Å². The van der Waals surface area contributed by atoms with Crippen LogP contribution in [0.3, 0.4) is 0 Å². The Morgan fingerprint density at radius 3 is 2.52 bits per heavy atom. The van der Waals surface area contributed by atoms with Crippen molar-refractivity contribution >= 4 is 17.3 Å². The first kappa shape index (κ1) is 19.2. The molecule has 0 fully saturated rings. The maximum atomic E-state index is 12.7. The van der Waals surface area contributed by atoms with Crippen LogP contribution in [-0.4, -0.2) is 33.8 Å². The van der Waals surface area contributed by atoms with E-state index in [9.17, 15) is 4.79 Å². The molecule has 0 spiro atoms. The summed E-state index contributed by atoms with van der Waals surface area (Å²) in [6, 6.07) is 6.91. The molecule has 1 N–H and O–H groups in total. The van der Waals surface area contributed by atoms with Crippen molar-refractivity contribution in [3.05, 3.63) is 52.9 Å². The summed E-state index contributed by atoms with van der Waals surface area (Å²) in [6.45, 7) is 11.9. The molecule has 5 nitrogen and oxygen atoms in total. The number of rotatable bonds is 4. The summed E-state index contributed by atoms with van der Waals surface area (Å²) in [5, 5.41) is 7.45. The van der Waals surface area contributed by atoms with Crippen molar-refractivity contribution in [1.82, 2.24) is 14.7 Å². The first-order valence-electron chi connectivity index (χ1n) is 9.76. The molecule has 27 heavy (non-hydrogen) atoms. The molecule has 1 unspecified atom stereocenters. The molecule has 1 aromatic heterocycles. The number of nitrogens with one attached hydrogen (secondary N) is 1. The Hall–Kier alpha value is -2.56. The number of nitrogens with zero attached hydrogens (tertiary/aromatic N) is 3. The summed E-state index contributed by atoms with van der Waals surface area (Å²) < 4.78 is 1.98. The molecule has 2 amide bonds. The van der Waals surface area contributed by atoms with Crippen LogP contribution in [0.15, 0.2) is 30.5 Å². The van der Waals surface area contributed by atoms with Crippen LogP contribution in [0.5, 0.6) is 0 Å². The predicted octanol–water partition coefficient (Wildman–Crippen LogP) is 5.10. The van der Waals surface area contributed by atoms with Crippen molar-refractivity contribution in [2.75, 3.05) is 18.4 Å². The van der Waals surface area contributed by atoms with Crippen molar-refractivity contribution in [1.29, 1.82) is 0 Å². The number of amides is 2. The summed E-state index contributed by atoms with van der Waals surface area (Å²) >= 11 is 0. The Balaban J connectivity index is 1.66. The van der Waals surface area contributed by atoms with Gasteiger partial charge in [0.15, 0.2) is 0 Å². The number of carbonyl (C=O) groups excluding carboxylic acids is 1. The Labute approximate surface area is 162 Å². The van der Waals surface area contributed by atoms with Gasteiger partial charge in [0.2, 0.25) is 0 Å². The Bertz CT molecular complexity index is 845. The van der Waals surface area contributed by atoms with E-state index in [1.165, 1.54) is 22.3 Å². The molecule has 0 radical (unpaired) electrons. The minimum atomic E-state index is -0.0578. The number of carbonyl (C=O) groups is 1. The van der Waals surface area contributed by atoms with Gasteiger partial charge in [0.1, 0.15) is 0 Å². The lowest BCUT2D eigenvalue weighted by Crippen LogP contribution is -2.38. The molecule has 2 aromatic rings. The highest BCUT2D eigenvalue weighted by molar-refractivity contribution is 5.90. The van der Waals surface area contributed by atoms with Crippen LogP contribution in [-0.2, 0) is 0 Å². The molecule has 0 aliphatic carbocycles. The maximum absolute atomic E-state index is 12.7. The van der Waals surface area contributed by atoms with Gasteiger partial charge in [0.05, 0.1) is 17.6 Å². The fourth-order valence-corrected chi connectivity index (χ4v) is 3.63. The van der Waals surface area contributed by atoms with Crippen LogP contribution in [0.2, 0.25) is 0 Å². The van der Waals surface area contributed by atoms with E-state index in [1.807, 2.05) is 16.5 Å². The molecule has 0 saturated heterocycles. The van der Waals surface area contributed by atoms with Gasteiger partial charge >= 0.3 is 6.03 Å². The minimum Gasteiger partial charge on any atom is -0.320 e. The number of benzene rings is 1. The zero-order valence-electron chi connectivity index (χ0n) is 17.0. The highest BCUT2D eigenvalue weighted by Crippen LogP contribution is 2.25. The zero-order chi connectivity index (χ0) is 19.6. The smallest absolute Gasteiger partial charge is 0.320 e. The monoisotopic (exact) mass is 366 g/mol. The Kier molecular flexibility index (Phi) is 5.68. The molecular weight excluding hydrogens is 336 g/mol. The van der Waals surface area contributed by atoms with Crippen molar-refractivity contribution in [3.8, 4) is 0 Å². The summed E-state index contributed by atoms with van der Waals surface area (Å²) in [4.78, 5) is 14.5. The van der Waals surface area contributed by atoms with Gasteiger partial charge in [-0.3, -0.25) is 4.68 Å². The first-order chi connectivity index (χ1) is 12.9. The third-order valence-corrected chi connectivity index (χ3v) is 5.38. The van der Waals surface area contributed by atoms with E-state index >= 15 is 0 Å². The van der Waals surface area contributed by atoms with E-state index in [2.05, 4.69) is 62.4 Å². The van der Waals surface area contributed by atoms with E-state index < -0.39 is 0 Å². The fraction of sp³-hybridized carbons (Fsp3) is 0.455.